The summed E-state index contributed by atoms with van der Waals surface area (Å²) in [7, 11) is 0. The summed E-state index contributed by atoms with van der Waals surface area (Å²) in [5, 5.41) is 0. The van der Waals surface area contributed by atoms with Gasteiger partial charge in [-0.2, -0.15) is 0 Å². The molecule has 0 saturated heterocycles. The molecule has 0 bridgehead atoms. The molecular weight excluding hydrogens is 1560 g/mol. The normalized spacial score (nSPS) is 29.2. The highest BCUT2D eigenvalue weighted by molar-refractivity contribution is 5.73. The molecule has 712 valence electrons. The summed E-state index contributed by atoms with van der Waals surface area (Å²) in [5.41, 5.74) is 0. The van der Waals surface area contributed by atoms with Gasteiger partial charge in [0.2, 0.25) is 0 Å². The molecule has 0 fully saturated rings. The van der Waals surface area contributed by atoms with E-state index in [0.29, 0.717) is 104 Å². The number of rotatable bonds is 27. The monoisotopic (exact) mass is 1750 g/mol. The second-order valence-corrected chi connectivity index (χ2v) is 39.0. The van der Waals surface area contributed by atoms with Crippen molar-refractivity contribution in [3.05, 3.63) is 136 Å². The Balaban J connectivity index is 1.29. The van der Waals surface area contributed by atoms with Gasteiger partial charge in [-0.1, -0.05) is 302 Å². The van der Waals surface area contributed by atoms with Crippen LogP contribution in [0.25, 0.3) is 0 Å². The van der Waals surface area contributed by atoms with Crippen LogP contribution in [0.15, 0.2) is 136 Å². The summed E-state index contributed by atoms with van der Waals surface area (Å²) in [6, 6.07) is 0. The van der Waals surface area contributed by atoms with Crippen molar-refractivity contribution in [2.24, 2.45) is 65.1 Å². The predicted molar refractivity (Wildman–Crippen MR) is 524 cm³/mol. The molecule has 0 N–H and O–H groups in total. The number of hydrogen-bond donors (Lipinski definition) is 0. The van der Waals surface area contributed by atoms with Crippen molar-refractivity contribution in [3.8, 4) is 0 Å². The zero-order valence-electron chi connectivity index (χ0n) is 80.1. The molecule has 12 nitrogen and oxygen atoms in total. The van der Waals surface area contributed by atoms with Crippen molar-refractivity contribution >= 4 is 35.8 Å². The van der Waals surface area contributed by atoms with Crippen molar-refractivity contribution in [1.82, 2.24) is 0 Å². The zero-order valence-corrected chi connectivity index (χ0v) is 80.1. The Bertz CT molecular complexity index is 3110. The predicted octanol–water partition coefficient (Wildman–Crippen LogP) is 31.8. The van der Waals surface area contributed by atoms with E-state index in [4.69, 9.17) is 28.4 Å². The van der Waals surface area contributed by atoms with E-state index in [-0.39, 0.29) is 38.5 Å². The van der Waals surface area contributed by atoms with Gasteiger partial charge < -0.3 is 28.4 Å². The van der Waals surface area contributed by atoms with E-state index in [1.54, 1.807) is 0 Å². The van der Waals surface area contributed by atoms with Crippen LogP contribution in [-0.2, 0) is 57.2 Å². The molecule has 15 unspecified atom stereocenters. The van der Waals surface area contributed by atoms with Crippen LogP contribution in [0, 0.1) is 65.1 Å². The first-order valence-electron chi connectivity index (χ1n) is 53.1. The van der Waals surface area contributed by atoms with Crippen molar-refractivity contribution in [2.75, 3.05) is 13.2 Å². The third-order valence-corrected chi connectivity index (χ3v) is 28.7. The lowest BCUT2D eigenvalue weighted by Gasteiger charge is -2.39. The highest BCUT2D eigenvalue weighted by Gasteiger charge is 2.46. The number of unbranched alkanes of at least 4 members (excludes halogenated alkanes) is 10. The molecular formula is C114H184O12. The molecule has 126 heavy (non-hydrogen) atoms. The molecule has 3 heterocycles. The summed E-state index contributed by atoms with van der Waals surface area (Å²) < 4.78 is 38.8. The third-order valence-electron chi connectivity index (χ3n) is 28.7. The lowest BCUT2D eigenvalue weighted by Crippen LogP contribution is -2.54. The van der Waals surface area contributed by atoms with Gasteiger partial charge in [0.25, 0.3) is 0 Å². The van der Waals surface area contributed by atoms with E-state index in [1.165, 1.54) is 141 Å². The van der Waals surface area contributed by atoms with Crippen LogP contribution in [0.3, 0.4) is 0 Å². The molecule has 0 aromatic heterocycles. The minimum Gasteiger partial charge on any atom is -0.462 e. The molecule has 0 saturated carbocycles. The number of ether oxygens (including phenoxy) is 6. The third kappa shape index (κ3) is 49.3. The first kappa shape index (κ1) is 109. The van der Waals surface area contributed by atoms with Crippen LogP contribution >= 0.6 is 0 Å². The van der Waals surface area contributed by atoms with Gasteiger partial charge in [0, 0.05) is 38.5 Å². The standard InChI is InChI=1S/C114H184O12/c1-6-11-16-48-67-94-68-49-34-30-36-53-70-95-69-52-35-24-21-27-42-61-80-107(115)121-92-106(124-110(118)83-64-46-31-37-54-71-96(95)87-86-94)113-114(126-112(120)85-66-47-33-39-56-75-100-91-89-98(73-51-18-13-8-3)102(77-58-20-15-10-5)104(100)79-60-41-26-23-29-44-65-84-111(119)125-113)105-93-122-108(116)81-62-45-32-38-55-74-99-90-88-97(72-50-17-12-7-2)101(76-57-19-14-9-4)103(99)78-59-40-25-22-28-43-63-82-109(117)123-105/h6-10,52,59-60,69,78-79,86-91,94-106,113-114H,1-5,11-51,53-58,61-68,70-77,80-85,92-93H2/b69-52?,78-59?,79-60?,87-86-. The quantitative estimate of drug-likeness (QED) is 0.0332. The molecule has 0 aromatic rings. The largest absolute Gasteiger partial charge is 0.462 e. The molecule has 12 heteroatoms. The van der Waals surface area contributed by atoms with E-state index in [2.05, 4.69) is 130 Å². The Morgan fingerprint density at radius 1 is 0.254 bits per heavy atom. The van der Waals surface area contributed by atoms with E-state index in [1.807, 2.05) is 6.08 Å². The fourth-order valence-electron chi connectivity index (χ4n) is 21.1. The Morgan fingerprint density at radius 2 is 0.532 bits per heavy atom. The fraction of sp³-hybridized carbons (Fsp3) is 0.754. The van der Waals surface area contributed by atoms with Gasteiger partial charge in [0.15, 0.2) is 24.4 Å². The minimum absolute atomic E-state index is 0.00436. The highest BCUT2D eigenvalue weighted by atomic mass is 16.6. The van der Waals surface area contributed by atoms with E-state index in [9.17, 15) is 24.0 Å². The molecule has 3 aliphatic carbocycles. The maximum Gasteiger partial charge on any atom is 0.306 e. The molecule has 0 radical (unpaired) electrons. The van der Waals surface area contributed by atoms with Crippen molar-refractivity contribution in [2.45, 2.75) is 467 Å². The van der Waals surface area contributed by atoms with Crippen molar-refractivity contribution < 1.29 is 57.2 Å². The van der Waals surface area contributed by atoms with Crippen LogP contribution in [-0.4, -0.2) is 73.4 Å². The van der Waals surface area contributed by atoms with Gasteiger partial charge in [-0.25, -0.2) is 0 Å². The van der Waals surface area contributed by atoms with Crippen molar-refractivity contribution in [1.29, 1.82) is 0 Å². The number of fused-ring (bicyclic) bond motifs is 3. The summed E-state index contributed by atoms with van der Waals surface area (Å²) >= 11 is 0. The minimum atomic E-state index is -1.64. The average Bonchev–Trinajstić information content (AvgIpc) is 0.829. The van der Waals surface area contributed by atoms with Crippen LogP contribution in [0.5, 0.6) is 0 Å². The first-order valence-corrected chi connectivity index (χ1v) is 53.1. The van der Waals surface area contributed by atoms with E-state index >= 15 is 4.79 Å². The van der Waals surface area contributed by atoms with Gasteiger partial charge in [-0.05, 0) is 271 Å². The van der Waals surface area contributed by atoms with Crippen LogP contribution in [0.4, 0.5) is 0 Å². The van der Waals surface area contributed by atoms with Crippen LogP contribution in [0.1, 0.15) is 443 Å². The Kier molecular flexibility index (Phi) is 62.7. The number of cyclic esters (lactones) is 6. The van der Waals surface area contributed by atoms with Gasteiger partial charge in [-0.3, -0.25) is 28.8 Å². The highest BCUT2D eigenvalue weighted by Crippen LogP contribution is 2.46. The van der Waals surface area contributed by atoms with Gasteiger partial charge >= 0.3 is 35.8 Å². The second kappa shape index (κ2) is 72.6. The molecule has 3 aliphatic heterocycles. The molecule has 0 spiro atoms. The summed E-state index contributed by atoms with van der Waals surface area (Å²) in [4.78, 5) is 88.2. The maximum absolute atomic E-state index is 15.1. The molecule has 6 rings (SSSR count). The van der Waals surface area contributed by atoms with Gasteiger partial charge in [0.05, 0.1) is 0 Å². The first-order chi connectivity index (χ1) is 61.9. The van der Waals surface area contributed by atoms with Crippen LogP contribution < -0.4 is 0 Å². The summed E-state index contributed by atoms with van der Waals surface area (Å²) in [6.07, 6.45) is 100. The molecule has 0 aromatic carbocycles. The van der Waals surface area contributed by atoms with Crippen molar-refractivity contribution in [3.63, 3.8) is 0 Å². The number of hydrogen-bond acceptors (Lipinski definition) is 12. The lowest BCUT2D eigenvalue weighted by atomic mass is 9.66. The second-order valence-electron chi connectivity index (χ2n) is 39.0. The zero-order chi connectivity index (χ0) is 89.6. The lowest BCUT2D eigenvalue weighted by molar-refractivity contribution is -0.209. The summed E-state index contributed by atoms with van der Waals surface area (Å²) in [6.45, 7) is 19.0. The summed E-state index contributed by atoms with van der Waals surface area (Å²) in [5.74, 6) is 2.47. The number of carbonyl (C=O) groups excluding carboxylic acids is 6. The topological polar surface area (TPSA) is 158 Å². The molecule has 0 amide bonds. The van der Waals surface area contributed by atoms with E-state index in [0.717, 1.165) is 225 Å². The van der Waals surface area contributed by atoms with Gasteiger partial charge in [0.1, 0.15) is 13.2 Å². The molecule has 6 aliphatic rings. The van der Waals surface area contributed by atoms with E-state index < -0.39 is 73.4 Å². The fourth-order valence-corrected chi connectivity index (χ4v) is 21.1. The number of esters is 6. The molecule has 15 atom stereocenters. The van der Waals surface area contributed by atoms with Gasteiger partial charge in [-0.15, -0.1) is 32.9 Å². The average molecular weight is 1750 g/mol. The number of allylic oxidation sites excluding steroid dienone is 17. The Hall–Kier alpha value is -6.04. The number of carbonyl (C=O) groups is 6. The SMILES string of the molecule is C=CCCCCC1/C=C\C2CCCCCCCC(=O)OC(C3OC(=O)CCCCCCCC=CC4C(C=CC(CCCCC=C)C4CCCCC=C)CCCCCCCC(=O)OC3C3COC(=O)CCCCCCCC4C=CC(CCCCC=C)C(CCCCC=C)C4C=CCCCCCCCC(=O)O3)COC(=O)CCCCCCCC=CC2CCCCCCC1. The van der Waals surface area contributed by atoms with Crippen LogP contribution in [0.2, 0.25) is 0 Å². The maximum atomic E-state index is 15.1. The Labute approximate surface area is 770 Å². The smallest absolute Gasteiger partial charge is 0.306 e. The Morgan fingerprint density at radius 3 is 0.897 bits per heavy atom.